The largest absolute Gasteiger partial charge is 0.493 e. The predicted molar refractivity (Wildman–Crippen MR) is 119 cm³/mol. The number of methoxy groups -OCH3 is 2. The number of amides is 1. The van der Waals surface area contributed by atoms with Crippen LogP contribution >= 0.6 is 0 Å². The fraction of sp³-hybridized carbons (Fsp3) is 0.435. The monoisotopic (exact) mass is 446 g/mol. The van der Waals surface area contributed by atoms with E-state index in [2.05, 4.69) is 5.32 Å². The molecule has 0 atom stereocenters. The molecular weight excluding hydrogens is 416 g/mol. The fourth-order valence-electron chi connectivity index (χ4n) is 3.72. The van der Waals surface area contributed by atoms with Gasteiger partial charge in [0, 0.05) is 25.2 Å². The summed E-state index contributed by atoms with van der Waals surface area (Å²) < 4.78 is 38.5. The Hall–Kier alpha value is -2.58. The molecule has 0 aliphatic carbocycles. The first-order valence-corrected chi connectivity index (χ1v) is 11.9. The Balaban J connectivity index is 1.77. The van der Waals surface area contributed by atoms with E-state index in [1.165, 1.54) is 6.07 Å². The number of hydrogen-bond acceptors (Lipinski definition) is 5. The van der Waals surface area contributed by atoms with E-state index in [1.807, 2.05) is 6.07 Å². The second-order valence-electron chi connectivity index (χ2n) is 7.67. The number of nitrogens with zero attached hydrogens (tertiary/aromatic N) is 1. The summed E-state index contributed by atoms with van der Waals surface area (Å²) in [6.45, 7) is 3.09. The number of carbonyl (C=O) groups is 1. The average molecular weight is 447 g/mol. The highest BCUT2D eigenvalue weighted by Crippen LogP contribution is 2.28. The van der Waals surface area contributed by atoms with Crippen LogP contribution in [0.2, 0.25) is 0 Å². The van der Waals surface area contributed by atoms with E-state index in [9.17, 15) is 13.2 Å². The van der Waals surface area contributed by atoms with Crippen LogP contribution in [0.25, 0.3) is 0 Å². The molecule has 1 heterocycles. The van der Waals surface area contributed by atoms with Gasteiger partial charge in [-0.25, -0.2) is 8.42 Å². The molecule has 0 aromatic heterocycles. The van der Waals surface area contributed by atoms with Crippen molar-refractivity contribution in [2.24, 2.45) is 0 Å². The molecule has 31 heavy (non-hydrogen) atoms. The third-order valence-corrected chi connectivity index (χ3v) is 7.57. The van der Waals surface area contributed by atoms with Crippen LogP contribution in [0.3, 0.4) is 0 Å². The first-order chi connectivity index (χ1) is 14.9. The van der Waals surface area contributed by atoms with E-state index < -0.39 is 10.0 Å². The topological polar surface area (TPSA) is 84.9 Å². The molecule has 0 saturated carbocycles. The van der Waals surface area contributed by atoms with Gasteiger partial charge in [-0.3, -0.25) is 4.79 Å². The highest BCUT2D eigenvalue weighted by Gasteiger charge is 2.27. The minimum Gasteiger partial charge on any atom is -0.493 e. The van der Waals surface area contributed by atoms with Gasteiger partial charge in [0.15, 0.2) is 11.5 Å². The van der Waals surface area contributed by atoms with E-state index >= 15 is 0 Å². The van der Waals surface area contributed by atoms with E-state index in [0.29, 0.717) is 35.7 Å². The van der Waals surface area contributed by atoms with E-state index in [4.69, 9.17) is 9.47 Å². The molecule has 0 spiro atoms. The first kappa shape index (κ1) is 23.1. The van der Waals surface area contributed by atoms with Gasteiger partial charge in [0.2, 0.25) is 10.0 Å². The molecule has 1 N–H and O–H groups in total. The van der Waals surface area contributed by atoms with Crippen molar-refractivity contribution >= 4 is 15.9 Å². The van der Waals surface area contributed by atoms with Crippen LogP contribution in [0, 0.1) is 6.92 Å². The number of carbonyl (C=O) groups excluding carboxylic acids is 1. The summed E-state index contributed by atoms with van der Waals surface area (Å²) >= 11 is 0. The maximum Gasteiger partial charge on any atom is 0.251 e. The second-order valence-corrected chi connectivity index (χ2v) is 9.58. The van der Waals surface area contributed by atoms with Crippen LogP contribution in [0.4, 0.5) is 0 Å². The molecule has 3 rings (SSSR count). The number of ether oxygens (including phenoxy) is 2. The van der Waals surface area contributed by atoms with Gasteiger partial charge < -0.3 is 14.8 Å². The zero-order valence-corrected chi connectivity index (χ0v) is 19.1. The highest BCUT2D eigenvalue weighted by atomic mass is 32.2. The van der Waals surface area contributed by atoms with E-state index in [-0.39, 0.29) is 17.3 Å². The van der Waals surface area contributed by atoms with E-state index in [1.54, 1.807) is 49.7 Å². The van der Waals surface area contributed by atoms with Crippen molar-refractivity contribution in [3.63, 3.8) is 0 Å². The Labute approximate surface area is 184 Å². The molecule has 168 valence electrons. The summed E-state index contributed by atoms with van der Waals surface area (Å²) in [6, 6.07) is 10.2. The van der Waals surface area contributed by atoms with Crippen molar-refractivity contribution in [3.8, 4) is 11.5 Å². The quantitative estimate of drug-likeness (QED) is 0.704. The van der Waals surface area contributed by atoms with Gasteiger partial charge in [-0.2, -0.15) is 4.31 Å². The molecular formula is C23H30N2O5S. The molecule has 1 saturated heterocycles. The summed E-state index contributed by atoms with van der Waals surface area (Å²) in [4.78, 5) is 12.9. The summed E-state index contributed by atoms with van der Waals surface area (Å²) in [5, 5.41) is 2.85. The SMILES string of the molecule is COc1ccc(CNC(=O)c2ccc(C)c(S(=O)(=O)N3CCCCCC3)c2)cc1OC. The van der Waals surface area contributed by atoms with Crippen LogP contribution in [0.5, 0.6) is 11.5 Å². The Morgan fingerprint density at radius 3 is 2.29 bits per heavy atom. The third kappa shape index (κ3) is 5.37. The number of nitrogens with one attached hydrogen (secondary N) is 1. The number of rotatable bonds is 7. The van der Waals surface area contributed by atoms with E-state index in [0.717, 1.165) is 31.2 Å². The van der Waals surface area contributed by atoms with Crippen molar-refractivity contribution in [2.75, 3.05) is 27.3 Å². The summed E-state index contributed by atoms with van der Waals surface area (Å²) in [5.41, 5.74) is 1.80. The lowest BCUT2D eigenvalue weighted by molar-refractivity contribution is 0.0950. The van der Waals surface area contributed by atoms with Crippen molar-refractivity contribution in [3.05, 3.63) is 53.1 Å². The Morgan fingerprint density at radius 2 is 1.65 bits per heavy atom. The van der Waals surface area contributed by atoms with Crippen molar-refractivity contribution in [1.29, 1.82) is 0 Å². The Kier molecular flexibility index (Phi) is 7.56. The zero-order valence-electron chi connectivity index (χ0n) is 18.3. The van der Waals surface area contributed by atoms with Gasteiger partial charge in [0.05, 0.1) is 19.1 Å². The molecule has 1 aliphatic rings. The Bertz CT molecular complexity index is 1030. The van der Waals surface area contributed by atoms with Crippen molar-refractivity contribution in [1.82, 2.24) is 9.62 Å². The van der Waals surface area contributed by atoms with Crippen molar-refractivity contribution in [2.45, 2.75) is 44.0 Å². The fourth-order valence-corrected chi connectivity index (χ4v) is 5.48. The molecule has 0 bridgehead atoms. The minimum absolute atomic E-state index is 0.202. The lowest BCUT2D eigenvalue weighted by Gasteiger charge is -2.21. The first-order valence-electron chi connectivity index (χ1n) is 10.5. The molecule has 1 fully saturated rings. The number of hydrogen-bond donors (Lipinski definition) is 1. The number of benzene rings is 2. The molecule has 0 unspecified atom stereocenters. The number of aryl methyl sites for hydroxylation is 1. The summed E-state index contributed by atoms with van der Waals surface area (Å²) in [7, 11) is -0.515. The maximum absolute atomic E-state index is 13.2. The molecule has 0 radical (unpaired) electrons. The van der Waals surface area contributed by atoms with Crippen LogP contribution in [-0.4, -0.2) is 45.9 Å². The van der Waals surface area contributed by atoms with Gasteiger partial charge in [0.1, 0.15) is 0 Å². The molecule has 1 amide bonds. The molecule has 1 aliphatic heterocycles. The Morgan fingerprint density at radius 1 is 0.968 bits per heavy atom. The lowest BCUT2D eigenvalue weighted by atomic mass is 10.1. The molecule has 2 aromatic carbocycles. The molecule has 8 heteroatoms. The van der Waals surface area contributed by atoms with Gasteiger partial charge in [0.25, 0.3) is 5.91 Å². The standard InChI is InChI=1S/C23H30N2O5S/c1-17-8-10-19(15-22(17)31(27,28)25-12-6-4-5-7-13-25)23(26)24-16-18-9-11-20(29-2)21(14-18)30-3/h8-11,14-15H,4-7,12-13,16H2,1-3H3,(H,24,26). The van der Waals surface area contributed by atoms with Crippen LogP contribution < -0.4 is 14.8 Å². The van der Waals surface area contributed by atoms with Gasteiger partial charge in [-0.1, -0.05) is 25.0 Å². The summed E-state index contributed by atoms with van der Waals surface area (Å²) in [5.74, 6) is 0.858. The predicted octanol–water partition coefficient (Wildman–Crippen LogP) is 3.51. The third-order valence-electron chi connectivity index (χ3n) is 5.53. The minimum atomic E-state index is -3.63. The van der Waals surface area contributed by atoms with Gasteiger partial charge >= 0.3 is 0 Å². The maximum atomic E-state index is 13.2. The van der Waals surface area contributed by atoms with Crippen LogP contribution in [-0.2, 0) is 16.6 Å². The highest BCUT2D eigenvalue weighted by molar-refractivity contribution is 7.89. The smallest absolute Gasteiger partial charge is 0.251 e. The van der Waals surface area contributed by atoms with Crippen molar-refractivity contribution < 1.29 is 22.7 Å². The lowest BCUT2D eigenvalue weighted by Crippen LogP contribution is -2.32. The molecule has 7 nitrogen and oxygen atoms in total. The number of sulfonamides is 1. The summed E-state index contributed by atoms with van der Waals surface area (Å²) in [6.07, 6.45) is 3.82. The van der Waals surface area contributed by atoms with Gasteiger partial charge in [-0.05, 0) is 55.2 Å². The van der Waals surface area contributed by atoms with Gasteiger partial charge in [-0.15, -0.1) is 0 Å². The molecule has 2 aromatic rings. The van der Waals surface area contributed by atoms with Crippen LogP contribution in [0.1, 0.15) is 47.2 Å². The normalized spacial score (nSPS) is 15.2. The van der Waals surface area contributed by atoms with Crippen LogP contribution in [0.15, 0.2) is 41.3 Å². The second kappa shape index (κ2) is 10.2. The zero-order chi connectivity index (χ0) is 22.4. The average Bonchev–Trinajstić information content (AvgIpc) is 3.07.